The normalized spacial score (nSPS) is 11.1. The largest absolute Gasteiger partial charge is 0.493 e. The van der Waals surface area contributed by atoms with Gasteiger partial charge in [0.25, 0.3) is 5.91 Å². The lowest BCUT2D eigenvalue weighted by Gasteiger charge is -2.26. The maximum absolute atomic E-state index is 14.2. The van der Waals surface area contributed by atoms with E-state index in [2.05, 4.69) is 5.32 Å². The Bertz CT molecular complexity index is 997. The summed E-state index contributed by atoms with van der Waals surface area (Å²) in [4.78, 5) is 12.8. The first-order valence-corrected chi connectivity index (χ1v) is 10.9. The Morgan fingerprint density at radius 3 is 2.37 bits per heavy atom. The van der Waals surface area contributed by atoms with E-state index in [1.165, 1.54) is 44.6 Å². The molecule has 0 aliphatic rings. The Hall–Kier alpha value is -2.85. The van der Waals surface area contributed by atoms with E-state index in [9.17, 15) is 17.6 Å². The molecule has 164 valence electrons. The van der Waals surface area contributed by atoms with Gasteiger partial charge in [0.05, 0.1) is 38.3 Å². The number of carbonyl (C=O) groups is 1. The molecule has 0 bridgehead atoms. The predicted molar refractivity (Wildman–Crippen MR) is 111 cm³/mol. The van der Waals surface area contributed by atoms with E-state index in [1.807, 2.05) is 0 Å². The van der Waals surface area contributed by atoms with E-state index in [1.54, 1.807) is 6.07 Å². The van der Waals surface area contributed by atoms with Crippen LogP contribution in [-0.4, -0.2) is 53.1 Å². The first-order valence-electron chi connectivity index (χ1n) is 9.09. The minimum Gasteiger partial charge on any atom is -0.493 e. The van der Waals surface area contributed by atoms with E-state index in [0.29, 0.717) is 6.42 Å². The molecule has 0 radical (unpaired) electrons. The molecular formula is C20H25FN2O6S. The van der Waals surface area contributed by atoms with Gasteiger partial charge in [0.1, 0.15) is 5.82 Å². The summed E-state index contributed by atoms with van der Waals surface area (Å²) in [6, 6.07) is 8.52. The summed E-state index contributed by atoms with van der Waals surface area (Å²) >= 11 is 0. The fourth-order valence-electron chi connectivity index (χ4n) is 2.80. The van der Waals surface area contributed by atoms with Crippen LogP contribution in [0.1, 0.15) is 22.3 Å². The van der Waals surface area contributed by atoms with Gasteiger partial charge in [-0.3, -0.25) is 9.10 Å². The summed E-state index contributed by atoms with van der Waals surface area (Å²) in [6.45, 7) is -0.241. The Morgan fingerprint density at radius 2 is 1.80 bits per heavy atom. The summed E-state index contributed by atoms with van der Waals surface area (Å²) in [5.41, 5.74) is 0.164. The number of nitrogens with zero attached hydrogens (tertiary/aromatic N) is 1. The molecule has 30 heavy (non-hydrogen) atoms. The van der Waals surface area contributed by atoms with Crippen molar-refractivity contribution in [2.75, 3.05) is 37.9 Å². The molecule has 2 N–H and O–H groups in total. The minimum atomic E-state index is -3.91. The third-order valence-corrected chi connectivity index (χ3v) is 5.43. The monoisotopic (exact) mass is 440 g/mol. The highest BCUT2D eigenvalue weighted by Crippen LogP contribution is 2.37. The molecule has 0 heterocycles. The Labute approximate surface area is 175 Å². The zero-order valence-electron chi connectivity index (χ0n) is 17.0. The number of anilines is 1. The molecular weight excluding hydrogens is 415 g/mol. The lowest BCUT2D eigenvalue weighted by atomic mass is 10.1. The third kappa shape index (κ3) is 5.61. The van der Waals surface area contributed by atoms with Gasteiger partial charge in [-0.1, -0.05) is 18.2 Å². The van der Waals surface area contributed by atoms with Crippen molar-refractivity contribution in [2.45, 2.75) is 13.0 Å². The molecule has 2 aromatic rings. The number of ether oxygens (including phenoxy) is 2. The van der Waals surface area contributed by atoms with Crippen LogP contribution >= 0.6 is 0 Å². The van der Waals surface area contributed by atoms with Crippen LogP contribution in [0, 0.1) is 5.82 Å². The molecule has 0 saturated carbocycles. The van der Waals surface area contributed by atoms with Crippen LogP contribution in [0.25, 0.3) is 0 Å². The van der Waals surface area contributed by atoms with Gasteiger partial charge in [0, 0.05) is 24.8 Å². The first kappa shape index (κ1) is 23.4. The lowest BCUT2D eigenvalue weighted by molar-refractivity contribution is 0.0951. The van der Waals surface area contributed by atoms with E-state index < -0.39 is 21.7 Å². The van der Waals surface area contributed by atoms with Crippen molar-refractivity contribution in [1.82, 2.24) is 5.32 Å². The Balaban J connectivity index is 2.62. The lowest BCUT2D eigenvalue weighted by Crippen LogP contribution is -2.33. The van der Waals surface area contributed by atoms with Crippen LogP contribution < -0.4 is 19.1 Å². The molecule has 1 amide bonds. The molecule has 8 nitrogen and oxygen atoms in total. The van der Waals surface area contributed by atoms with Crippen molar-refractivity contribution in [3.63, 3.8) is 0 Å². The molecule has 0 aromatic heterocycles. The van der Waals surface area contributed by atoms with Crippen molar-refractivity contribution in [2.24, 2.45) is 0 Å². The van der Waals surface area contributed by atoms with Crippen LogP contribution in [0.3, 0.4) is 0 Å². The van der Waals surface area contributed by atoms with Gasteiger partial charge in [-0.25, -0.2) is 12.8 Å². The summed E-state index contributed by atoms with van der Waals surface area (Å²) < 4.78 is 50.9. The second-order valence-electron chi connectivity index (χ2n) is 6.42. The summed E-state index contributed by atoms with van der Waals surface area (Å²) in [5, 5.41) is 11.5. The maximum Gasteiger partial charge on any atom is 0.253 e. The van der Waals surface area contributed by atoms with Crippen molar-refractivity contribution in [3.8, 4) is 11.5 Å². The number of aliphatic hydroxyl groups is 1. The van der Waals surface area contributed by atoms with Gasteiger partial charge >= 0.3 is 0 Å². The van der Waals surface area contributed by atoms with E-state index in [0.717, 1.165) is 10.6 Å². The molecule has 2 rings (SSSR count). The van der Waals surface area contributed by atoms with Crippen molar-refractivity contribution < 1.29 is 32.2 Å². The number of methoxy groups -OCH3 is 2. The van der Waals surface area contributed by atoms with Gasteiger partial charge in [-0.15, -0.1) is 0 Å². The molecule has 0 fully saturated rings. The molecule has 0 atom stereocenters. The number of hydrogen-bond donors (Lipinski definition) is 2. The number of halogens is 1. The van der Waals surface area contributed by atoms with Gasteiger partial charge in [0.15, 0.2) is 11.5 Å². The molecule has 0 spiro atoms. The highest BCUT2D eigenvalue weighted by Gasteiger charge is 2.27. The number of aliphatic hydroxyl groups excluding tert-OH is 1. The SMILES string of the molecule is COc1cc(C(=O)NCCCO)c(N(Cc2ccccc2F)S(C)(=O)=O)cc1OC. The average molecular weight is 440 g/mol. The quantitative estimate of drug-likeness (QED) is 0.547. The summed E-state index contributed by atoms with van der Waals surface area (Å²) in [7, 11) is -1.14. The highest BCUT2D eigenvalue weighted by molar-refractivity contribution is 7.92. The number of amides is 1. The number of rotatable bonds is 10. The number of sulfonamides is 1. The summed E-state index contributed by atoms with van der Waals surface area (Å²) in [5.74, 6) is -0.698. The van der Waals surface area contributed by atoms with Crippen molar-refractivity contribution >= 4 is 21.6 Å². The number of carbonyl (C=O) groups excluding carboxylic acids is 1. The summed E-state index contributed by atoms with van der Waals surface area (Å²) in [6.07, 6.45) is 1.30. The number of benzene rings is 2. The van der Waals surface area contributed by atoms with Crippen LogP contribution in [-0.2, 0) is 16.6 Å². The van der Waals surface area contributed by atoms with E-state index in [-0.39, 0.29) is 48.0 Å². The smallest absolute Gasteiger partial charge is 0.253 e. The Kier molecular flexibility index (Phi) is 8.01. The van der Waals surface area contributed by atoms with Crippen LogP contribution in [0.15, 0.2) is 36.4 Å². The maximum atomic E-state index is 14.2. The van der Waals surface area contributed by atoms with Crippen molar-refractivity contribution in [1.29, 1.82) is 0 Å². The van der Waals surface area contributed by atoms with E-state index >= 15 is 0 Å². The van der Waals surface area contributed by atoms with Gasteiger partial charge < -0.3 is 19.9 Å². The second kappa shape index (κ2) is 10.3. The minimum absolute atomic E-state index is 0.00681. The van der Waals surface area contributed by atoms with E-state index in [4.69, 9.17) is 14.6 Å². The molecule has 10 heteroatoms. The molecule has 0 unspecified atom stereocenters. The zero-order chi connectivity index (χ0) is 22.3. The Morgan fingerprint density at radius 1 is 1.17 bits per heavy atom. The molecule has 2 aromatic carbocycles. The fraction of sp³-hybridized carbons (Fsp3) is 0.350. The average Bonchev–Trinajstić information content (AvgIpc) is 2.71. The molecule has 0 aliphatic heterocycles. The van der Waals surface area contributed by atoms with Crippen molar-refractivity contribution in [3.05, 3.63) is 53.3 Å². The first-order chi connectivity index (χ1) is 14.2. The molecule has 0 aliphatic carbocycles. The molecule has 0 saturated heterocycles. The van der Waals surface area contributed by atoms with Crippen LogP contribution in [0.5, 0.6) is 11.5 Å². The third-order valence-electron chi connectivity index (χ3n) is 4.31. The number of hydrogen-bond acceptors (Lipinski definition) is 6. The fourth-order valence-corrected chi connectivity index (χ4v) is 3.68. The van der Waals surface area contributed by atoms with Gasteiger partial charge in [-0.2, -0.15) is 0 Å². The van der Waals surface area contributed by atoms with Gasteiger partial charge in [0.2, 0.25) is 10.0 Å². The predicted octanol–water partition coefficient (Wildman–Crippen LogP) is 1.92. The second-order valence-corrected chi connectivity index (χ2v) is 8.33. The van der Waals surface area contributed by atoms with Crippen LogP contribution in [0.2, 0.25) is 0 Å². The van der Waals surface area contributed by atoms with Gasteiger partial charge in [-0.05, 0) is 18.6 Å². The zero-order valence-corrected chi connectivity index (χ0v) is 17.8. The standard InChI is InChI=1S/C20H25FN2O6S/c1-28-18-11-15(20(25)22-9-6-10-24)17(12-19(18)29-2)23(30(3,26)27)13-14-7-4-5-8-16(14)21/h4-5,7-8,11-12,24H,6,9-10,13H2,1-3H3,(H,22,25). The number of nitrogens with one attached hydrogen (secondary N) is 1. The highest BCUT2D eigenvalue weighted by atomic mass is 32.2. The topological polar surface area (TPSA) is 105 Å². The van der Waals surface area contributed by atoms with Crippen LogP contribution in [0.4, 0.5) is 10.1 Å².